The molecule has 1 amide bonds. The third-order valence-corrected chi connectivity index (χ3v) is 4.04. The van der Waals surface area contributed by atoms with Gasteiger partial charge in [0.1, 0.15) is 0 Å². The van der Waals surface area contributed by atoms with Crippen LogP contribution < -0.4 is 5.32 Å². The number of carbonyl (C=O) groups is 1. The summed E-state index contributed by atoms with van der Waals surface area (Å²) >= 11 is 3.28. The smallest absolute Gasteiger partial charge is 0.348 e. The fourth-order valence-corrected chi connectivity index (χ4v) is 2.66. The number of aromatic nitrogens is 3. The molecule has 0 atom stereocenters. The van der Waals surface area contributed by atoms with Gasteiger partial charge in [-0.3, -0.25) is 4.79 Å². The summed E-state index contributed by atoms with van der Waals surface area (Å²) in [4.78, 5) is 16.3. The summed E-state index contributed by atoms with van der Waals surface area (Å²) < 4.78 is 42.0. The molecule has 2 heterocycles. The van der Waals surface area contributed by atoms with Crippen LogP contribution in [0.15, 0.2) is 40.9 Å². The van der Waals surface area contributed by atoms with Gasteiger partial charge in [0, 0.05) is 22.1 Å². The van der Waals surface area contributed by atoms with Crippen molar-refractivity contribution in [2.24, 2.45) is 0 Å². The molecule has 0 radical (unpaired) electrons. The average Bonchev–Trinajstić information content (AvgIpc) is 2.97. The van der Waals surface area contributed by atoms with Gasteiger partial charge in [0.05, 0.1) is 5.69 Å². The van der Waals surface area contributed by atoms with Gasteiger partial charge >= 0.3 is 6.18 Å². The predicted molar refractivity (Wildman–Crippen MR) is 93.7 cm³/mol. The van der Waals surface area contributed by atoms with Crippen LogP contribution in [0.5, 0.6) is 0 Å². The number of halogens is 4. The van der Waals surface area contributed by atoms with Gasteiger partial charge in [0.25, 0.3) is 5.91 Å². The highest BCUT2D eigenvalue weighted by Gasteiger charge is 2.35. The van der Waals surface area contributed by atoms with Crippen molar-refractivity contribution in [1.82, 2.24) is 19.9 Å². The van der Waals surface area contributed by atoms with Crippen LogP contribution in [-0.4, -0.2) is 26.5 Å². The number of nitrogens with zero attached hydrogens (tertiary/aromatic N) is 3. The monoisotopic (exact) mass is 426 g/mol. The minimum atomic E-state index is -4.65. The predicted octanol–water partition coefficient (Wildman–Crippen LogP) is 4.32. The summed E-state index contributed by atoms with van der Waals surface area (Å²) in [5, 5.41) is 6.40. The molecule has 0 spiro atoms. The van der Waals surface area contributed by atoms with E-state index in [-0.39, 0.29) is 23.1 Å². The van der Waals surface area contributed by atoms with Crippen LogP contribution in [0.2, 0.25) is 0 Å². The van der Waals surface area contributed by atoms with E-state index in [9.17, 15) is 18.0 Å². The fourth-order valence-electron chi connectivity index (χ4n) is 2.39. The summed E-state index contributed by atoms with van der Waals surface area (Å²) in [6.45, 7) is 3.50. The summed E-state index contributed by atoms with van der Waals surface area (Å²) in [7, 11) is 0. The highest BCUT2D eigenvalue weighted by Crippen LogP contribution is 2.32. The SMILES string of the molecule is CC(C)NC(=O)c1cc2nc(-c3ccc(Br)cc3)cc(C(F)(F)F)n2n1. The van der Waals surface area contributed by atoms with E-state index in [1.165, 1.54) is 6.07 Å². The molecular weight excluding hydrogens is 413 g/mol. The molecule has 1 aromatic carbocycles. The van der Waals surface area contributed by atoms with Crippen LogP contribution >= 0.6 is 15.9 Å². The third-order valence-electron chi connectivity index (χ3n) is 3.51. The molecule has 0 saturated heterocycles. The van der Waals surface area contributed by atoms with Gasteiger partial charge in [-0.2, -0.15) is 18.3 Å². The molecule has 136 valence electrons. The summed E-state index contributed by atoms with van der Waals surface area (Å²) in [5.74, 6) is -0.552. The first-order chi connectivity index (χ1) is 12.1. The van der Waals surface area contributed by atoms with E-state index in [1.54, 1.807) is 38.1 Å². The number of hydrogen-bond acceptors (Lipinski definition) is 3. The standard InChI is InChI=1S/C17H14BrF3N4O/c1-9(2)22-16(26)13-8-15-23-12(10-3-5-11(18)6-4-10)7-14(17(19,20)21)25(15)24-13/h3-9H,1-2H3,(H,22,26). The average molecular weight is 427 g/mol. The molecule has 0 fully saturated rings. The number of hydrogen-bond donors (Lipinski definition) is 1. The van der Waals surface area contributed by atoms with E-state index in [0.29, 0.717) is 10.1 Å². The van der Waals surface area contributed by atoms with Crippen LogP contribution in [0.1, 0.15) is 30.0 Å². The summed E-state index contributed by atoms with van der Waals surface area (Å²) in [6.07, 6.45) is -4.65. The minimum absolute atomic E-state index is 0.0494. The topological polar surface area (TPSA) is 59.3 Å². The van der Waals surface area contributed by atoms with Crippen molar-refractivity contribution in [1.29, 1.82) is 0 Å². The molecule has 3 rings (SSSR count). The quantitative estimate of drug-likeness (QED) is 0.678. The second-order valence-corrected chi connectivity index (χ2v) is 6.87. The van der Waals surface area contributed by atoms with Crippen molar-refractivity contribution in [3.05, 3.63) is 52.3 Å². The van der Waals surface area contributed by atoms with Gasteiger partial charge in [-0.1, -0.05) is 28.1 Å². The van der Waals surface area contributed by atoms with Gasteiger partial charge in [0.2, 0.25) is 0 Å². The van der Waals surface area contributed by atoms with E-state index in [1.807, 2.05) is 0 Å². The number of nitrogens with one attached hydrogen (secondary N) is 1. The minimum Gasteiger partial charge on any atom is -0.348 e. The Morgan fingerprint density at radius 2 is 1.85 bits per heavy atom. The van der Waals surface area contributed by atoms with Crippen LogP contribution in [-0.2, 0) is 6.18 Å². The number of alkyl halides is 3. The summed E-state index contributed by atoms with van der Waals surface area (Å²) in [6, 6.07) is 8.75. The maximum Gasteiger partial charge on any atom is 0.433 e. The number of fused-ring (bicyclic) bond motifs is 1. The molecule has 0 aliphatic rings. The molecule has 9 heteroatoms. The number of carbonyl (C=O) groups excluding carboxylic acids is 1. The second-order valence-electron chi connectivity index (χ2n) is 5.96. The second kappa shape index (κ2) is 6.71. The molecule has 0 saturated carbocycles. The van der Waals surface area contributed by atoms with Crippen molar-refractivity contribution in [2.75, 3.05) is 0 Å². The molecule has 3 aromatic rings. The lowest BCUT2D eigenvalue weighted by Crippen LogP contribution is -2.30. The Kier molecular flexibility index (Phi) is 4.74. The molecular formula is C17H14BrF3N4O. The van der Waals surface area contributed by atoms with Crippen molar-refractivity contribution in [3.8, 4) is 11.3 Å². The largest absolute Gasteiger partial charge is 0.433 e. The normalized spacial score (nSPS) is 12.0. The Labute approximate surface area is 155 Å². The first kappa shape index (κ1) is 18.4. The van der Waals surface area contributed by atoms with E-state index >= 15 is 0 Å². The molecule has 0 aliphatic heterocycles. The Balaban J connectivity index is 2.17. The van der Waals surface area contributed by atoms with Gasteiger partial charge < -0.3 is 5.32 Å². The Bertz CT molecular complexity index is 965. The lowest BCUT2D eigenvalue weighted by molar-refractivity contribution is -0.142. The van der Waals surface area contributed by atoms with E-state index in [0.717, 1.165) is 10.5 Å². The van der Waals surface area contributed by atoms with Crippen LogP contribution in [0.4, 0.5) is 13.2 Å². The number of benzene rings is 1. The first-order valence-electron chi connectivity index (χ1n) is 7.70. The summed E-state index contributed by atoms with van der Waals surface area (Å²) in [5.41, 5.74) is -0.496. The van der Waals surface area contributed by atoms with E-state index in [2.05, 4.69) is 31.3 Å². The maximum absolute atomic E-state index is 13.5. The third kappa shape index (κ3) is 3.72. The van der Waals surface area contributed by atoms with Crippen molar-refractivity contribution < 1.29 is 18.0 Å². The molecule has 1 N–H and O–H groups in total. The highest BCUT2D eigenvalue weighted by molar-refractivity contribution is 9.10. The molecule has 5 nitrogen and oxygen atoms in total. The highest BCUT2D eigenvalue weighted by atomic mass is 79.9. The van der Waals surface area contributed by atoms with E-state index < -0.39 is 17.8 Å². The fraction of sp³-hybridized carbons (Fsp3) is 0.235. The Morgan fingerprint density at radius 3 is 2.42 bits per heavy atom. The lowest BCUT2D eigenvalue weighted by atomic mass is 10.1. The number of rotatable bonds is 3. The van der Waals surface area contributed by atoms with Crippen LogP contribution in [0.25, 0.3) is 16.9 Å². The van der Waals surface area contributed by atoms with Crippen molar-refractivity contribution in [2.45, 2.75) is 26.1 Å². The Morgan fingerprint density at radius 1 is 1.19 bits per heavy atom. The zero-order valence-electron chi connectivity index (χ0n) is 13.8. The number of amides is 1. The van der Waals surface area contributed by atoms with Gasteiger partial charge in [-0.05, 0) is 32.0 Å². The molecule has 2 aromatic heterocycles. The molecule has 0 unspecified atom stereocenters. The Hall–Kier alpha value is -2.42. The molecule has 0 aliphatic carbocycles. The van der Waals surface area contributed by atoms with Crippen LogP contribution in [0, 0.1) is 0 Å². The van der Waals surface area contributed by atoms with Gasteiger partial charge in [-0.15, -0.1) is 0 Å². The zero-order chi connectivity index (χ0) is 19.1. The first-order valence-corrected chi connectivity index (χ1v) is 8.49. The van der Waals surface area contributed by atoms with Gasteiger partial charge in [-0.25, -0.2) is 9.50 Å². The molecule has 0 bridgehead atoms. The van der Waals surface area contributed by atoms with Gasteiger partial charge in [0.15, 0.2) is 17.0 Å². The van der Waals surface area contributed by atoms with E-state index in [4.69, 9.17) is 0 Å². The van der Waals surface area contributed by atoms with Crippen LogP contribution in [0.3, 0.4) is 0 Å². The lowest BCUT2D eigenvalue weighted by Gasteiger charge is -2.11. The van der Waals surface area contributed by atoms with Crippen molar-refractivity contribution >= 4 is 27.5 Å². The maximum atomic E-state index is 13.5. The zero-order valence-corrected chi connectivity index (χ0v) is 15.4. The van der Waals surface area contributed by atoms with Crippen molar-refractivity contribution in [3.63, 3.8) is 0 Å². The molecule has 26 heavy (non-hydrogen) atoms.